The highest BCUT2D eigenvalue weighted by atomic mass is 35.5. The Bertz CT molecular complexity index is 1570. The summed E-state index contributed by atoms with van der Waals surface area (Å²) in [5.41, 5.74) is 2.15. The van der Waals surface area contributed by atoms with Gasteiger partial charge in [-0.1, -0.05) is 18.2 Å². The summed E-state index contributed by atoms with van der Waals surface area (Å²) < 4.78 is 34.7. The minimum absolute atomic E-state index is 0.0158. The van der Waals surface area contributed by atoms with Gasteiger partial charge in [0.2, 0.25) is 17.7 Å². The summed E-state index contributed by atoms with van der Waals surface area (Å²) >= 11 is 5.88. The van der Waals surface area contributed by atoms with Crippen molar-refractivity contribution in [3.63, 3.8) is 0 Å². The smallest absolute Gasteiger partial charge is 0.261 e. The standard InChI is InChI=1S/C27H28ClN5O4S/c1-27(2,17-28)26(34)29-20-10-7-11-21(16-20)32-38(35,36)23-13-6-9-19(15-23)25-31-30-24(37-25)18-8-5-12-22(14-18)33(3)4/h5-16,32H,17H2,1-4H3,(H,29,34). The third kappa shape index (κ3) is 6.15. The Balaban J connectivity index is 1.55. The maximum atomic E-state index is 13.2. The van der Waals surface area contributed by atoms with Crippen LogP contribution in [0.4, 0.5) is 17.1 Å². The van der Waals surface area contributed by atoms with Crippen molar-refractivity contribution < 1.29 is 17.6 Å². The van der Waals surface area contributed by atoms with Crippen molar-refractivity contribution in [3.8, 4) is 22.9 Å². The molecular weight excluding hydrogens is 526 g/mol. The molecule has 2 N–H and O–H groups in total. The van der Waals surface area contributed by atoms with Crippen LogP contribution in [0, 0.1) is 5.41 Å². The molecule has 1 amide bonds. The van der Waals surface area contributed by atoms with E-state index in [0.29, 0.717) is 17.1 Å². The lowest BCUT2D eigenvalue weighted by atomic mass is 9.95. The van der Waals surface area contributed by atoms with Gasteiger partial charge in [-0.05, 0) is 68.4 Å². The molecule has 0 unspecified atom stereocenters. The largest absolute Gasteiger partial charge is 0.416 e. The molecule has 0 fully saturated rings. The number of halogens is 1. The molecular formula is C27H28ClN5O4S. The van der Waals surface area contributed by atoms with Crippen molar-refractivity contribution in [2.75, 3.05) is 34.9 Å². The second-order valence-electron chi connectivity index (χ2n) is 9.54. The number of alkyl halides is 1. The highest BCUT2D eigenvalue weighted by Crippen LogP contribution is 2.28. The molecule has 4 aromatic rings. The molecule has 0 spiro atoms. The molecule has 0 saturated carbocycles. The monoisotopic (exact) mass is 553 g/mol. The number of nitrogens with one attached hydrogen (secondary N) is 2. The van der Waals surface area contributed by atoms with E-state index in [0.717, 1.165) is 11.3 Å². The first-order valence-electron chi connectivity index (χ1n) is 11.7. The topological polar surface area (TPSA) is 117 Å². The lowest BCUT2D eigenvalue weighted by Crippen LogP contribution is -2.32. The third-order valence-electron chi connectivity index (χ3n) is 5.75. The normalized spacial score (nSPS) is 11.7. The van der Waals surface area contributed by atoms with Crippen LogP contribution in [0.5, 0.6) is 0 Å². The van der Waals surface area contributed by atoms with Crippen LogP contribution in [0.15, 0.2) is 82.1 Å². The maximum Gasteiger partial charge on any atom is 0.261 e. The second-order valence-corrected chi connectivity index (χ2v) is 11.5. The highest BCUT2D eigenvalue weighted by Gasteiger charge is 2.26. The quantitative estimate of drug-likeness (QED) is 0.264. The van der Waals surface area contributed by atoms with E-state index in [2.05, 4.69) is 20.2 Å². The highest BCUT2D eigenvalue weighted by molar-refractivity contribution is 7.92. The summed E-state index contributed by atoms with van der Waals surface area (Å²) in [5.74, 6) is 0.392. The Labute approximate surface area is 226 Å². The second kappa shape index (κ2) is 10.8. The van der Waals surface area contributed by atoms with Crippen LogP contribution in [-0.2, 0) is 14.8 Å². The number of anilines is 3. The molecule has 0 aliphatic rings. The number of benzene rings is 3. The summed E-state index contributed by atoms with van der Waals surface area (Å²) in [6, 6.07) is 20.3. The van der Waals surface area contributed by atoms with E-state index >= 15 is 0 Å². The fourth-order valence-corrected chi connectivity index (χ4v) is 4.62. The van der Waals surface area contributed by atoms with Gasteiger partial charge in [0.15, 0.2) is 0 Å². The van der Waals surface area contributed by atoms with Gasteiger partial charge in [-0.2, -0.15) is 0 Å². The zero-order valence-electron chi connectivity index (χ0n) is 21.4. The summed E-state index contributed by atoms with van der Waals surface area (Å²) in [6.45, 7) is 3.45. The summed E-state index contributed by atoms with van der Waals surface area (Å²) in [6.07, 6.45) is 0. The van der Waals surface area contributed by atoms with Crippen LogP contribution < -0.4 is 14.9 Å². The van der Waals surface area contributed by atoms with Crippen molar-refractivity contribution >= 4 is 44.6 Å². The van der Waals surface area contributed by atoms with Gasteiger partial charge in [0.1, 0.15) is 0 Å². The molecule has 4 rings (SSSR count). The predicted molar refractivity (Wildman–Crippen MR) is 150 cm³/mol. The molecule has 198 valence electrons. The van der Waals surface area contributed by atoms with Crippen LogP contribution in [0.3, 0.4) is 0 Å². The maximum absolute atomic E-state index is 13.2. The van der Waals surface area contributed by atoms with E-state index in [4.69, 9.17) is 16.0 Å². The van der Waals surface area contributed by atoms with Crippen LogP contribution in [0.2, 0.25) is 0 Å². The molecule has 0 aliphatic heterocycles. The molecule has 0 radical (unpaired) electrons. The molecule has 11 heteroatoms. The number of hydrogen-bond donors (Lipinski definition) is 2. The number of hydrogen-bond acceptors (Lipinski definition) is 7. The average Bonchev–Trinajstić information content (AvgIpc) is 3.39. The van der Waals surface area contributed by atoms with E-state index < -0.39 is 15.4 Å². The fraction of sp³-hybridized carbons (Fsp3) is 0.222. The van der Waals surface area contributed by atoms with Crippen molar-refractivity contribution in [1.29, 1.82) is 0 Å². The van der Waals surface area contributed by atoms with Crippen LogP contribution >= 0.6 is 11.6 Å². The van der Waals surface area contributed by atoms with Gasteiger partial charge in [-0.25, -0.2) is 8.42 Å². The average molecular weight is 554 g/mol. The number of nitrogens with zero attached hydrogens (tertiary/aromatic N) is 3. The van der Waals surface area contributed by atoms with E-state index in [-0.39, 0.29) is 28.3 Å². The number of aromatic nitrogens is 2. The molecule has 0 atom stereocenters. The number of carbonyl (C=O) groups is 1. The lowest BCUT2D eigenvalue weighted by molar-refractivity contribution is -0.122. The number of rotatable bonds is 9. The molecule has 0 aliphatic carbocycles. The molecule has 9 nitrogen and oxygen atoms in total. The Morgan fingerprint density at radius 3 is 2.18 bits per heavy atom. The number of carbonyl (C=O) groups excluding carboxylic acids is 1. The Morgan fingerprint density at radius 1 is 0.921 bits per heavy atom. The molecule has 1 aromatic heterocycles. The minimum atomic E-state index is -3.96. The van der Waals surface area contributed by atoms with Gasteiger partial charge in [0.25, 0.3) is 10.0 Å². The molecule has 3 aromatic carbocycles. The SMILES string of the molecule is CN(C)c1cccc(-c2nnc(-c3cccc(S(=O)(=O)Nc4cccc(NC(=O)C(C)(C)CCl)c4)c3)o2)c1. The van der Waals surface area contributed by atoms with Crippen molar-refractivity contribution in [2.24, 2.45) is 5.41 Å². The zero-order valence-corrected chi connectivity index (χ0v) is 23.0. The van der Waals surface area contributed by atoms with Gasteiger partial charge in [0.05, 0.1) is 16.0 Å². The Hall–Kier alpha value is -3.89. The van der Waals surface area contributed by atoms with Crippen molar-refractivity contribution in [3.05, 3.63) is 72.8 Å². The fourth-order valence-electron chi connectivity index (χ4n) is 3.41. The molecule has 38 heavy (non-hydrogen) atoms. The Morgan fingerprint density at radius 2 is 1.53 bits per heavy atom. The van der Waals surface area contributed by atoms with E-state index in [1.165, 1.54) is 18.2 Å². The van der Waals surface area contributed by atoms with Crippen molar-refractivity contribution in [1.82, 2.24) is 10.2 Å². The van der Waals surface area contributed by atoms with Crippen molar-refractivity contribution in [2.45, 2.75) is 18.7 Å². The first-order valence-corrected chi connectivity index (χ1v) is 13.7. The summed E-state index contributed by atoms with van der Waals surface area (Å²) in [4.78, 5) is 14.4. The van der Waals surface area contributed by atoms with E-state index in [9.17, 15) is 13.2 Å². The summed E-state index contributed by atoms with van der Waals surface area (Å²) in [7, 11) is -0.0869. The predicted octanol–water partition coefficient (Wildman–Crippen LogP) is 5.47. The number of amides is 1. The van der Waals surface area contributed by atoms with Crippen LogP contribution in [0.25, 0.3) is 22.9 Å². The van der Waals surface area contributed by atoms with Gasteiger partial charge < -0.3 is 14.6 Å². The Kier molecular flexibility index (Phi) is 7.75. The molecule has 0 saturated heterocycles. The lowest BCUT2D eigenvalue weighted by Gasteiger charge is -2.20. The summed E-state index contributed by atoms with van der Waals surface area (Å²) in [5, 5.41) is 11.0. The molecule has 0 bridgehead atoms. The van der Waals surface area contributed by atoms with Crippen LogP contribution in [-0.4, -0.2) is 44.5 Å². The first kappa shape index (κ1) is 27.2. The first-order chi connectivity index (χ1) is 18.0. The van der Waals surface area contributed by atoms with Gasteiger partial charge >= 0.3 is 0 Å². The van der Waals surface area contributed by atoms with Crippen LogP contribution in [0.1, 0.15) is 13.8 Å². The zero-order chi connectivity index (χ0) is 27.5. The minimum Gasteiger partial charge on any atom is -0.416 e. The number of sulfonamides is 1. The van der Waals surface area contributed by atoms with E-state index in [1.807, 2.05) is 43.3 Å². The molecule has 1 heterocycles. The van der Waals surface area contributed by atoms with Gasteiger partial charge in [-0.3, -0.25) is 9.52 Å². The van der Waals surface area contributed by atoms with Gasteiger partial charge in [-0.15, -0.1) is 21.8 Å². The van der Waals surface area contributed by atoms with E-state index in [1.54, 1.807) is 44.2 Å². The third-order valence-corrected chi connectivity index (χ3v) is 7.79. The van der Waals surface area contributed by atoms with Gasteiger partial charge in [0, 0.05) is 42.5 Å².